The highest BCUT2D eigenvalue weighted by Crippen LogP contribution is 2.28. The van der Waals surface area contributed by atoms with Gasteiger partial charge < -0.3 is 10.1 Å². The van der Waals surface area contributed by atoms with Crippen molar-refractivity contribution in [1.29, 1.82) is 0 Å². The molecule has 0 saturated carbocycles. The van der Waals surface area contributed by atoms with Gasteiger partial charge in [0.2, 0.25) is 0 Å². The maximum absolute atomic E-state index is 12.9. The van der Waals surface area contributed by atoms with Crippen LogP contribution >= 0.6 is 23.1 Å². The summed E-state index contributed by atoms with van der Waals surface area (Å²) in [6.07, 6.45) is 0. The molecule has 1 fully saturated rings. The molecular weight excluding hydrogens is 376 g/mol. The fraction of sp³-hybridized carbons (Fsp3) is 0.476. The van der Waals surface area contributed by atoms with E-state index in [1.54, 1.807) is 23.1 Å². The molecule has 2 aromatic rings. The van der Waals surface area contributed by atoms with Crippen LogP contribution in [0.5, 0.6) is 0 Å². The lowest BCUT2D eigenvalue weighted by Crippen LogP contribution is -2.51. The molecule has 0 radical (unpaired) electrons. The Morgan fingerprint density at radius 3 is 2.70 bits per heavy atom. The van der Waals surface area contributed by atoms with Crippen molar-refractivity contribution in [3.8, 4) is 0 Å². The van der Waals surface area contributed by atoms with Gasteiger partial charge in [0.25, 0.3) is 5.91 Å². The van der Waals surface area contributed by atoms with Crippen LogP contribution < -0.4 is 5.32 Å². The average Bonchev–Trinajstić information content (AvgIpc) is 3.21. The molecule has 1 unspecified atom stereocenters. The van der Waals surface area contributed by atoms with Gasteiger partial charge in [0.15, 0.2) is 0 Å². The fourth-order valence-electron chi connectivity index (χ4n) is 3.31. The van der Waals surface area contributed by atoms with Crippen molar-refractivity contribution in [3.05, 3.63) is 52.2 Å². The Hall–Kier alpha value is -1.34. The van der Waals surface area contributed by atoms with E-state index in [9.17, 15) is 4.79 Å². The van der Waals surface area contributed by atoms with E-state index >= 15 is 0 Å². The van der Waals surface area contributed by atoms with Crippen LogP contribution in [0, 0.1) is 5.92 Å². The predicted octanol–water partition coefficient (Wildman–Crippen LogP) is 4.13. The van der Waals surface area contributed by atoms with Gasteiger partial charge in [-0.2, -0.15) is 0 Å². The van der Waals surface area contributed by atoms with E-state index in [1.807, 2.05) is 24.3 Å². The van der Waals surface area contributed by atoms with Gasteiger partial charge in [-0.3, -0.25) is 9.69 Å². The minimum Gasteiger partial charge on any atom is -0.379 e. The molecule has 4 nitrogen and oxygen atoms in total. The molecule has 2 heterocycles. The zero-order chi connectivity index (χ0) is 19.1. The zero-order valence-electron chi connectivity index (χ0n) is 16.0. The van der Waals surface area contributed by atoms with Crippen molar-refractivity contribution in [2.75, 3.05) is 32.8 Å². The molecule has 1 aliphatic heterocycles. The maximum Gasteiger partial charge on any atom is 0.252 e. The molecule has 27 heavy (non-hydrogen) atoms. The smallest absolute Gasteiger partial charge is 0.252 e. The topological polar surface area (TPSA) is 41.6 Å². The number of carbonyl (C=O) groups is 1. The number of hydrogen-bond acceptors (Lipinski definition) is 5. The molecule has 1 aromatic carbocycles. The summed E-state index contributed by atoms with van der Waals surface area (Å²) in [4.78, 5) is 17.7. The number of ether oxygens (including phenoxy) is 1. The summed E-state index contributed by atoms with van der Waals surface area (Å²) in [5, 5.41) is 5.27. The zero-order valence-corrected chi connectivity index (χ0v) is 17.7. The SMILES string of the molecule is CC(C)C(CNC(=O)c1ccccc1SCc1cccs1)N1CCOCC1. The van der Waals surface area contributed by atoms with Gasteiger partial charge in [0.1, 0.15) is 0 Å². The number of nitrogens with zero attached hydrogens (tertiary/aromatic N) is 1. The number of carbonyl (C=O) groups excluding carboxylic acids is 1. The van der Waals surface area contributed by atoms with Gasteiger partial charge in [-0.25, -0.2) is 0 Å². The molecular formula is C21H28N2O2S2. The van der Waals surface area contributed by atoms with E-state index in [0.29, 0.717) is 18.5 Å². The predicted molar refractivity (Wildman–Crippen MR) is 114 cm³/mol. The largest absolute Gasteiger partial charge is 0.379 e. The normalized spacial score (nSPS) is 16.4. The first kappa shape index (κ1) is 20.4. The standard InChI is InChI=1S/C21H28N2O2S2/c1-16(2)19(23-9-11-25-12-10-23)14-22-21(24)18-7-3-4-8-20(18)27-15-17-6-5-13-26-17/h3-8,13,16,19H,9-12,14-15H2,1-2H3,(H,22,24). The van der Waals surface area contributed by atoms with E-state index in [1.165, 1.54) is 4.88 Å². The third-order valence-corrected chi connectivity index (χ3v) is 7.02. The molecule has 0 bridgehead atoms. The summed E-state index contributed by atoms with van der Waals surface area (Å²) < 4.78 is 5.47. The summed E-state index contributed by atoms with van der Waals surface area (Å²) in [6, 6.07) is 12.4. The molecule has 3 rings (SSSR count). The molecule has 146 valence electrons. The minimum atomic E-state index is 0.0168. The molecule has 1 aliphatic rings. The average molecular weight is 405 g/mol. The van der Waals surface area contributed by atoms with Crippen molar-refractivity contribution >= 4 is 29.0 Å². The van der Waals surface area contributed by atoms with E-state index in [-0.39, 0.29) is 5.91 Å². The maximum atomic E-state index is 12.9. The van der Waals surface area contributed by atoms with Crippen LogP contribution in [-0.2, 0) is 10.5 Å². The lowest BCUT2D eigenvalue weighted by molar-refractivity contribution is 0.00672. The molecule has 0 aliphatic carbocycles. The molecule has 0 spiro atoms. The molecule has 6 heteroatoms. The summed E-state index contributed by atoms with van der Waals surface area (Å²) in [6.45, 7) is 8.53. The Balaban J connectivity index is 1.61. The van der Waals surface area contributed by atoms with Gasteiger partial charge in [0, 0.05) is 41.2 Å². The monoisotopic (exact) mass is 404 g/mol. The number of thiophene rings is 1. The first-order valence-electron chi connectivity index (χ1n) is 9.49. The van der Waals surface area contributed by atoms with Crippen molar-refractivity contribution in [3.63, 3.8) is 0 Å². The summed E-state index contributed by atoms with van der Waals surface area (Å²) in [7, 11) is 0. The molecule has 1 amide bonds. The Kier molecular flexibility index (Phi) is 7.76. The van der Waals surface area contributed by atoms with Crippen LogP contribution in [0.1, 0.15) is 29.1 Å². The third-order valence-electron chi connectivity index (χ3n) is 4.84. The van der Waals surface area contributed by atoms with Crippen LogP contribution in [0.25, 0.3) is 0 Å². The number of rotatable bonds is 8. The van der Waals surface area contributed by atoms with Crippen molar-refractivity contribution in [2.24, 2.45) is 5.92 Å². The van der Waals surface area contributed by atoms with Crippen LogP contribution in [0.2, 0.25) is 0 Å². The van der Waals surface area contributed by atoms with Crippen molar-refractivity contribution in [1.82, 2.24) is 10.2 Å². The van der Waals surface area contributed by atoms with Crippen LogP contribution in [0.3, 0.4) is 0 Å². The Bertz CT molecular complexity index is 713. The third kappa shape index (κ3) is 5.82. The van der Waals surface area contributed by atoms with Crippen molar-refractivity contribution < 1.29 is 9.53 Å². The van der Waals surface area contributed by atoms with E-state index < -0.39 is 0 Å². The summed E-state index contributed by atoms with van der Waals surface area (Å²) >= 11 is 3.48. The molecule has 1 atom stereocenters. The fourth-order valence-corrected chi connectivity index (χ4v) is 5.13. The second-order valence-electron chi connectivity index (χ2n) is 7.03. The lowest BCUT2D eigenvalue weighted by Gasteiger charge is -2.37. The second-order valence-corrected chi connectivity index (χ2v) is 9.08. The Labute approximate surface area is 170 Å². The minimum absolute atomic E-state index is 0.0168. The number of amides is 1. The molecule has 1 saturated heterocycles. The van der Waals surface area contributed by atoms with E-state index in [4.69, 9.17) is 4.74 Å². The highest BCUT2D eigenvalue weighted by Gasteiger charge is 2.24. The summed E-state index contributed by atoms with van der Waals surface area (Å²) in [5.41, 5.74) is 0.767. The highest BCUT2D eigenvalue weighted by molar-refractivity contribution is 7.98. The molecule has 1 aromatic heterocycles. The van der Waals surface area contributed by atoms with Crippen molar-refractivity contribution in [2.45, 2.75) is 30.5 Å². The number of hydrogen-bond donors (Lipinski definition) is 1. The number of benzene rings is 1. The van der Waals surface area contributed by atoms with Gasteiger partial charge in [0.05, 0.1) is 18.8 Å². The molecule has 1 N–H and O–H groups in total. The van der Waals surface area contributed by atoms with Crippen LogP contribution in [0.15, 0.2) is 46.7 Å². The number of morpholine rings is 1. The van der Waals surface area contributed by atoms with Crippen LogP contribution in [0.4, 0.5) is 0 Å². The second kappa shape index (κ2) is 10.3. The van der Waals surface area contributed by atoms with E-state index in [0.717, 1.165) is 42.5 Å². The quantitative estimate of drug-likeness (QED) is 0.672. The lowest BCUT2D eigenvalue weighted by atomic mass is 10.0. The van der Waals surface area contributed by atoms with Gasteiger partial charge in [-0.05, 0) is 29.5 Å². The van der Waals surface area contributed by atoms with Gasteiger partial charge >= 0.3 is 0 Å². The Morgan fingerprint density at radius 2 is 2.00 bits per heavy atom. The first-order valence-corrected chi connectivity index (χ1v) is 11.4. The van der Waals surface area contributed by atoms with E-state index in [2.05, 4.69) is 41.6 Å². The first-order chi connectivity index (χ1) is 13.1. The number of thioether (sulfide) groups is 1. The summed E-state index contributed by atoms with van der Waals surface area (Å²) in [5.74, 6) is 1.39. The Morgan fingerprint density at radius 1 is 1.22 bits per heavy atom. The number of nitrogens with one attached hydrogen (secondary N) is 1. The van der Waals surface area contributed by atoms with Gasteiger partial charge in [-0.15, -0.1) is 23.1 Å². The van der Waals surface area contributed by atoms with Crippen LogP contribution in [-0.4, -0.2) is 49.7 Å². The highest BCUT2D eigenvalue weighted by atomic mass is 32.2. The van der Waals surface area contributed by atoms with Gasteiger partial charge in [-0.1, -0.05) is 32.0 Å².